The number of aromatic amines is 2. The number of pyridine rings is 1. The fourth-order valence-corrected chi connectivity index (χ4v) is 4.72. The van der Waals surface area contributed by atoms with Gasteiger partial charge in [-0.25, -0.2) is 17.6 Å². The van der Waals surface area contributed by atoms with Crippen molar-refractivity contribution >= 4 is 55.9 Å². The van der Waals surface area contributed by atoms with Crippen LogP contribution >= 0.6 is 12.4 Å². The van der Waals surface area contributed by atoms with E-state index in [4.69, 9.17) is 10.5 Å². The molecular formula is C22H22ClFN4O5S. The first kappa shape index (κ1) is 25.2. The fourth-order valence-electron chi connectivity index (χ4n) is 3.50. The van der Waals surface area contributed by atoms with Crippen LogP contribution in [0.5, 0.6) is 0 Å². The number of nitrogens with zero attached hydrogens (tertiary/aromatic N) is 1. The zero-order valence-electron chi connectivity index (χ0n) is 18.0. The van der Waals surface area contributed by atoms with E-state index < -0.39 is 27.4 Å². The number of anilines is 1. The van der Waals surface area contributed by atoms with E-state index in [1.165, 1.54) is 55.7 Å². The molecule has 4 aromatic rings. The van der Waals surface area contributed by atoms with Crippen LogP contribution in [0.3, 0.4) is 0 Å². The Hall–Kier alpha value is -3.41. The van der Waals surface area contributed by atoms with Crippen molar-refractivity contribution in [3.8, 4) is 0 Å². The maximum Gasteiger partial charge on any atom is 0.340 e. The Morgan fingerprint density at radius 2 is 1.88 bits per heavy atom. The number of carbonyl (C=O) groups is 1. The van der Waals surface area contributed by atoms with Gasteiger partial charge in [-0.3, -0.25) is 9.10 Å². The summed E-state index contributed by atoms with van der Waals surface area (Å²) >= 11 is 0. The van der Waals surface area contributed by atoms with Gasteiger partial charge in [-0.15, -0.1) is 12.4 Å². The first-order valence-corrected chi connectivity index (χ1v) is 11.5. The summed E-state index contributed by atoms with van der Waals surface area (Å²) in [7, 11) is -2.68. The van der Waals surface area contributed by atoms with Crippen LogP contribution < -0.4 is 15.6 Å². The number of halogens is 2. The van der Waals surface area contributed by atoms with Gasteiger partial charge in [0.05, 0.1) is 22.8 Å². The van der Waals surface area contributed by atoms with Gasteiger partial charge in [0.1, 0.15) is 11.3 Å². The Bertz CT molecular complexity index is 1520. The van der Waals surface area contributed by atoms with E-state index in [9.17, 15) is 22.4 Å². The molecule has 12 heteroatoms. The van der Waals surface area contributed by atoms with Crippen molar-refractivity contribution in [1.29, 1.82) is 0 Å². The predicted octanol–water partition coefficient (Wildman–Crippen LogP) is 2.90. The Labute approximate surface area is 200 Å². The van der Waals surface area contributed by atoms with E-state index in [0.29, 0.717) is 23.9 Å². The number of hydrogen-bond donors (Lipinski definition) is 3. The molecule has 2 heterocycles. The van der Waals surface area contributed by atoms with E-state index >= 15 is 0 Å². The number of nitrogens with two attached hydrogens (primary N) is 1. The summed E-state index contributed by atoms with van der Waals surface area (Å²) in [5, 5.41) is 0.609. The molecule has 0 unspecified atom stereocenters. The minimum absolute atomic E-state index is 0. The van der Waals surface area contributed by atoms with Crippen LogP contribution in [-0.4, -0.2) is 44.6 Å². The minimum atomic E-state index is -4.03. The highest BCUT2D eigenvalue weighted by atomic mass is 35.5. The lowest BCUT2D eigenvalue weighted by atomic mass is 10.1. The van der Waals surface area contributed by atoms with Crippen LogP contribution in [0, 0.1) is 5.82 Å². The van der Waals surface area contributed by atoms with E-state index in [2.05, 4.69) is 9.97 Å². The smallest absolute Gasteiger partial charge is 0.340 e. The van der Waals surface area contributed by atoms with Gasteiger partial charge < -0.3 is 20.4 Å². The average Bonchev–Trinajstić information content (AvgIpc) is 3.25. The highest BCUT2D eigenvalue weighted by molar-refractivity contribution is 7.92. The summed E-state index contributed by atoms with van der Waals surface area (Å²) in [5.74, 6) is -1.14. The van der Waals surface area contributed by atoms with Crippen LogP contribution in [0.15, 0.2) is 58.4 Å². The molecule has 0 saturated heterocycles. The molecule has 0 amide bonds. The van der Waals surface area contributed by atoms with E-state index in [1.54, 1.807) is 0 Å². The molecule has 0 fully saturated rings. The van der Waals surface area contributed by atoms with Gasteiger partial charge >= 0.3 is 5.97 Å². The van der Waals surface area contributed by atoms with Gasteiger partial charge in [-0.2, -0.15) is 0 Å². The van der Waals surface area contributed by atoms with Gasteiger partial charge in [0.2, 0.25) is 0 Å². The number of aromatic nitrogens is 2. The second-order valence-electron chi connectivity index (χ2n) is 7.34. The quantitative estimate of drug-likeness (QED) is 0.259. The number of nitrogens with one attached hydrogen (secondary N) is 2. The largest absolute Gasteiger partial charge is 0.462 e. The number of carbonyl (C=O) groups excluding carboxylic acids is 1. The maximum absolute atomic E-state index is 13.3. The van der Waals surface area contributed by atoms with Gasteiger partial charge in [0.15, 0.2) is 0 Å². The third kappa shape index (κ3) is 4.49. The van der Waals surface area contributed by atoms with Crippen LogP contribution in [0.2, 0.25) is 0 Å². The molecule has 0 atom stereocenters. The third-order valence-corrected chi connectivity index (χ3v) is 7.05. The van der Waals surface area contributed by atoms with Gasteiger partial charge in [-0.05, 0) is 55.4 Å². The number of fused-ring (bicyclic) bond motifs is 3. The van der Waals surface area contributed by atoms with Crippen LogP contribution in [0.4, 0.5) is 10.1 Å². The Morgan fingerprint density at radius 3 is 2.56 bits per heavy atom. The van der Waals surface area contributed by atoms with Crippen LogP contribution in [0.1, 0.15) is 16.8 Å². The number of esters is 1. The number of benzene rings is 2. The van der Waals surface area contributed by atoms with Gasteiger partial charge in [-0.1, -0.05) is 0 Å². The van der Waals surface area contributed by atoms with Gasteiger partial charge in [0.25, 0.3) is 15.6 Å². The fraction of sp³-hybridized carbons (Fsp3) is 0.182. The van der Waals surface area contributed by atoms with E-state index in [0.717, 1.165) is 4.31 Å². The molecule has 0 aliphatic heterocycles. The predicted molar refractivity (Wildman–Crippen MR) is 130 cm³/mol. The van der Waals surface area contributed by atoms with Crippen LogP contribution in [-0.2, 0) is 14.8 Å². The lowest BCUT2D eigenvalue weighted by molar-refractivity contribution is 0.0505. The van der Waals surface area contributed by atoms with Crippen molar-refractivity contribution in [3.05, 3.63) is 70.4 Å². The number of rotatable bonds is 7. The molecule has 0 saturated carbocycles. The van der Waals surface area contributed by atoms with Crippen molar-refractivity contribution in [2.45, 2.75) is 11.3 Å². The molecule has 0 spiro atoms. The minimum Gasteiger partial charge on any atom is -0.462 e. The SMILES string of the molecule is CN(c1ccc(F)cc1)S(=O)(=O)c1ccc2[nH]c(=O)c3[nH]cc(C(=O)OCCCN)c3c2c1.Cl. The first-order valence-electron chi connectivity index (χ1n) is 10.0. The third-order valence-electron chi connectivity index (χ3n) is 5.27. The second-order valence-corrected chi connectivity index (χ2v) is 9.31. The molecule has 9 nitrogen and oxygen atoms in total. The lowest BCUT2D eigenvalue weighted by Crippen LogP contribution is -2.26. The second kappa shape index (κ2) is 9.84. The normalized spacial score (nSPS) is 11.4. The van der Waals surface area contributed by atoms with Gasteiger partial charge in [0, 0.05) is 29.5 Å². The highest BCUT2D eigenvalue weighted by Crippen LogP contribution is 2.29. The summed E-state index contributed by atoms with van der Waals surface area (Å²) in [5.41, 5.74) is 5.82. The standard InChI is InChI=1S/C22H21FN4O5S.ClH/c1-27(14-5-3-13(23)4-6-14)33(30,31)15-7-8-18-16(11-15)19-17(22(29)32-10-2-9-24)12-25-20(19)21(28)26-18;/h3-8,11-12,25H,2,9-10,24H2,1H3,(H,26,28);1H. The van der Waals surface area contributed by atoms with Crippen molar-refractivity contribution in [2.24, 2.45) is 5.73 Å². The summed E-state index contributed by atoms with van der Waals surface area (Å²) in [4.78, 5) is 30.5. The first-order chi connectivity index (χ1) is 15.7. The van der Waals surface area contributed by atoms with Crippen molar-refractivity contribution in [1.82, 2.24) is 9.97 Å². The Balaban J connectivity index is 0.00000324. The molecule has 0 radical (unpaired) electrons. The molecular weight excluding hydrogens is 487 g/mol. The molecule has 180 valence electrons. The number of H-pyrrole nitrogens is 2. The zero-order valence-corrected chi connectivity index (χ0v) is 19.6. The molecule has 0 aliphatic rings. The zero-order chi connectivity index (χ0) is 23.8. The summed E-state index contributed by atoms with van der Waals surface area (Å²) in [6, 6.07) is 9.23. The molecule has 2 aromatic carbocycles. The van der Waals surface area contributed by atoms with E-state index in [1.807, 2.05) is 0 Å². The topological polar surface area (TPSA) is 138 Å². The number of hydrogen-bond acceptors (Lipinski definition) is 6. The Morgan fingerprint density at radius 1 is 1.18 bits per heavy atom. The van der Waals surface area contributed by atoms with Crippen molar-refractivity contribution in [3.63, 3.8) is 0 Å². The average molecular weight is 509 g/mol. The monoisotopic (exact) mass is 508 g/mol. The molecule has 2 aromatic heterocycles. The summed E-state index contributed by atoms with van der Waals surface area (Å²) < 4.78 is 46.0. The maximum atomic E-state index is 13.3. The molecule has 4 rings (SSSR count). The van der Waals surface area contributed by atoms with Crippen molar-refractivity contribution in [2.75, 3.05) is 24.5 Å². The lowest BCUT2D eigenvalue weighted by Gasteiger charge is -2.20. The van der Waals surface area contributed by atoms with E-state index in [-0.39, 0.29) is 46.1 Å². The molecule has 0 aliphatic carbocycles. The molecule has 4 N–H and O–H groups in total. The number of ether oxygens (including phenoxy) is 1. The Kier molecular flexibility index (Phi) is 7.29. The summed E-state index contributed by atoms with van der Waals surface area (Å²) in [6.07, 6.45) is 1.84. The van der Waals surface area contributed by atoms with Crippen molar-refractivity contribution < 1.29 is 22.3 Å². The van der Waals surface area contributed by atoms with Crippen LogP contribution in [0.25, 0.3) is 21.8 Å². The molecule has 0 bridgehead atoms. The summed E-state index contributed by atoms with van der Waals surface area (Å²) in [6.45, 7) is 0.470. The molecule has 34 heavy (non-hydrogen) atoms. The highest BCUT2D eigenvalue weighted by Gasteiger charge is 2.24. The number of sulfonamides is 1.